The van der Waals surface area contributed by atoms with E-state index in [0.717, 1.165) is 36.6 Å². The molecule has 0 spiro atoms. The molecule has 0 unspecified atom stereocenters. The van der Waals surface area contributed by atoms with Crippen molar-refractivity contribution >= 4 is 17.2 Å². The van der Waals surface area contributed by atoms with Crippen LogP contribution in [0.25, 0.3) is 0 Å². The second kappa shape index (κ2) is 5.25. The molecule has 0 aromatic carbocycles. The van der Waals surface area contributed by atoms with Gasteiger partial charge >= 0.3 is 0 Å². The number of aliphatic hydroxyl groups excluding tert-OH is 1. The summed E-state index contributed by atoms with van der Waals surface area (Å²) in [6.45, 7) is 0.942. The fourth-order valence-electron chi connectivity index (χ4n) is 3.29. The highest BCUT2D eigenvalue weighted by Gasteiger charge is 2.46. The van der Waals surface area contributed by atoms with E-state index in [-0.39, 0.29) is 18.1 Å². The Hall–Kier alpha value is -0.870. The largest absolute Gasteiger partial charge is 0.394 e. The van der Waals surface area contributed by atoms with Crippen LogP contribution < -0.4 is 0 Å². The summed E-state index contributed by atoms with van der Waals surface area (Å²) in [5, 5.41) is 11.9. The van der Waals surface area contributed by atoms with E-state index in [2.05, 4.69) is 0 Å². The van der Waals surface area contributed by atoms with Crippen LogP contribution in [0.5, 0.6) is 0 Å². The molecule has 2 heterocycles. The molecular formula is C15H21NO2S. The van der Waals surface area contributed by atoms with Gasteiger partial charge in [0.05, 0.1) is 18.6 Å². The number of aliphatic hydroxyl groups is 1. The quantitative estimate of drug-likeness (QED) is 0.899. The van der Waals surface area contributed by atoms with Crippen LogP contribution in [0.2, 0.25) is 0 Å². The summed E-state index contributed by atoms with van der Waals surface area (Å²) in [7, 11) is 0. The molecule has 1 saturated heterocycles. The van der Waals surface area contributed by atoms with Crippen LogP contribution in [0, 0.1) is 5.92 Å². The summed E-state index contributed by atoms with van der Waals surface area (Å²) in [4.78, 5) is 15.6. The van der Waals surface area contributed by atoms with Gasteiger partial charge in [-0.15, -0.1) is 11.3 Å². The normalized spacial score (nSPS) is 26.9. The highest BCUT2D eigenvalue weighted by atomic mass is 32.1. The molecule has 1 aromatic rings. The molecule has 1 N–H and O–H groups in total. The highest BCUT2D eigenvalue weighted by molar-refractivity contribution is 7.10. The van der Waals surface area contributed by atoms with Crippen LogP contribution in [0.15, 0.2) is 17.5 Å². The van der Waals surface area contributed by atoms with Crippen LogP contribution in [-0.2, 0) is 11.2 Å². The first kappa shape index (κ1) is 13.1. The minimum absolute atomic E-state index is 0.125. The van der Waals surface area contributed by atoms with Crippen molar-refractivity contribution in [2.75, 3.05) is 13.2 Å². The maximum Gasteiger partial charge on any atom is 0.228 e. The number of amides is 1. The van der Waals surface area contributed by atoms with Gasteiger partial charge < -0.3 is 10.0 Å². The Morgan fingerprint density at radius 2 is 2.37 bits per heavy atom. The summed E-state index contributed by atoms with van der Waals surface area (Å²) >= 11 is 1.63. The third-order valence-corrected chi connectivity index (χ3v) is 5.34. The lowest BCUT2D eigenvalue weighted by molar-refractivity contribution is -0.136. The van der Waals surface area contributed by atoms with E-state index in [0.29, 0.717) is 6.42 Å². The lowest BCUT2D eigenvalue weighted by atomic mass is 9.90. The molecule has 1 saturated carbocycles. The zero-order chi connectivity index (χ0) is 13.3. The lowest BCUT2D eigenvalue weighted by Gasteiger charge is -2.37. The number of hydrogen-bond acceptors (Lipinski definition) is 3. The van der Waals surface area contributed by atoms with E-state index in [1.807, 2.05) is 22.4 Å². The molecule has 3 nitrogen and oxygen atoms in total. The predicted molar refractivity (Wildman–Crippen MR) is 76.1 cm³/mol. The third-order valence-electron chi connectivity index (χ3n) is 4.46. The Morgan fingerprint density at radius 3 is 3.00 bits per heavy atom. The number of thiophene rings is 1. The summed E-state index contributed by atoms with van der Waals surface area (Å²) in [6, 6.07) is 4.00. The molecular weight excluding hydrogens is 258 g/mol. The van der Waals surface area contributed by atoms with Crippen molar-refractivity contribution in [2.45, 2.75) is 44.1 Å². The minimum Gasteiger partial charge on any atom is -0.394 e. The van der Waals surface area contributed by atoms with E-state index in [4.69, 9.17) is 0 Å². The van der Waals surface area contributed by atoms with Crippen LogP contribution >= 0.6 is 11.3 Å². The fourth-order valence-corrected chi connectivity index (χ4v) is 3.98. The van der Waals surface area contributed by atoms with Gasteiger partial charge in [0.2, 0.25) is 5.91 Å². The molecule has 3 rings (SSSR count). The number of hydrogen-bond donors (Lipinski definition) is 1. The summed E-state index contributed by atoms with van der Waals surface area (Å²) in [5.74, 6) is 0.928. The van der Waals surface area contributed by atoms with Crippen LogP contribution in [0.3, 0.4) is 0 Å². The summed E-state index contributed by atoms with van der Waals surface area (Å²) in [5.41, 5.74) is -0.254. The van der Waals surface area contributed by atoms with Crippen molar-refractivity contribution < 1.29 is 9.90 Å². The molecule has 1 aromatic heterocycles. The number of likely N-dealkylation sites (tertiary alicyclic amines) is 1. The van der Waals surface area contributed by atoms with Crippen LogP contribution in [0.1, 0.15) is 37.0 Å². The molecule has 1 atom stereocenters. The Kier molecular flexibility index (Phi) is 3.63. The van der Waals surface area contributed by atoms with Gasteiger partial charge in [0.25, 0.3) is 0 Å². The Morgan fingerprint density at radius 1 is 1.53 bits per heavy atom. The first-order chi connectivity index (χ1) is 9.23. The van der Waals surface area contributed by atoms with E-state index in [1.54, 1.807) is 11.3 Å². The van der Waals surface area contributed by atoms with Gasteiger partial charge in [0, 0.05) is 11.4 Å². The van der Waals surface area contributed by atoms with Gasteiger partial charge in [-0.1, -0.05) is 18.9 Å². The molecule has 2 fully saturated rings. The standard InChI is InChI=1S/C15H21NO2S/c17-11-15(10-12-4-5-12)6-2-7-16(15)14(18)9-13-3-1-8-19-13/h1,3,8,12,17H,2,4-7,9-11H2/t15-/m1/s1. The Labute approximate surface area is 118 Å². The maximum absolute atomic E-state index is 12.5. The average molecular weight is 279 g/mol. The number of carbonyl (C=O) groups excluding carboxylic acids is 1. The number of nitrogens with zero attached hydrogens (tertiary/aromatic N) is 1. The monoisotopic (exact) mass is 279 g/mol. The molecule has 1 aliphatic carbocycles. The van der Waals surface area contributed by atoms with Gasteiger partial charge in [0.15, 0.2) is 0 Å². The Bertz CT molecular complexity index is 441. The van der Waals surface area contributed by atoms with Crippen molar-refractivity contribution in [3.63, 3.8) is 0 Å². The van der Waals surface area contributed by atoms with E-state index in [9.17, 15) is 9.90 Å². The van der Waals surface area contributed by atoms with E-state index < -0.39 is 0 Å². The lowest BCUT2D eigenvalue weighted by Crippen LogP contribution is -2.50. The van der Waals surface area contributed by atoms with Crippen molar-refractivity contribution in [2.24, 2.45) is 5.92 Å². The number of carbonyl (C=O) groups is 1. The molecule has 104 valence electrons. The maximum atomic E-state index is 12.5. The molecule has 0 bridgehead atoms. The second-order valence-electron chi connectivity index (χ2n) is 5.94. The van der Waals surface area contributed by atoms with Crippen molar-refractivity contribution in [3.8, 4) is 0 Å². The fraction of sp³-hybridized carbons (Fsp3) is 0.667. The zero-order valence-corrected chi connectivity index (χ0v) is 12.0. The van der Waals surface area contributed by atoms with E-state index >= 15 is 0 Å². The molecule has 0 radical (unpaired) electrons. The van der Waals surface area contributed by atoms with Gasteiger partial charge in [-0.25, -0.2) is 0 Å². The Balaban J connectivity index is 1.71. The molecule has 19 heavy (non-hydrogen) atoms. The summed E-state index contributed by atoms with van der Waals surface area (Å²) in [6.07, 6.45) is 6.03. The third kappa shape index (κ3) is 2.70. The van der Waals surface area contributed by atoms with Gasteiger partial charge in [-0.3, -0.25) is 4.79 Å². The average Bonchev–Trinajstić information content (AvgIpc) is 2.91. The van der Waals surface area contributed by atoms with Gasteiger partial charge in [-0.2, -0.15) is 0 Å². The molecule has 4 heteroatoms. The van der Waals surface area contributed by atoms with Crippen LogP contribution in [-0.4, -0.2) is 34.6 Å². The van der Waals surface area contributed by atoms with Crippen molar-refractivity contribution in [1.29, 1.82) is 0 Å². The molecule has 1 amide bonds. The minimum atomic E-state index is -0.254. The van der Waals surface area contributed by atoms with Crippen molar-refractivity contribution in [1.82, 2.24) is 4.90 Å². The second-order valence-corrected chi connectivity index (χ2v) is 6.97. The van der Waals surface area contributed by atoms with E-state index in [1.165, 1.54) is 12.8 Å². The zero-order valence-electron chi connectivity index (χ0n) is 11.2. The first-order valence-corrected chi connectivity index (χ1v) is 8.05. The van der Waals surface area contributed by atoms with Gasteiger partial charge in [0.1, 0.15) is 0 Å². The first-order valence-electron chi connectivity index (χ1n) is 7.17. The highest BCUT2D eigenvalue weighted by Crippen LogP contribution is 2.43. The van der Waals surface area contributed by atoms with Crippen LogP contribution in [0.4, 0.5) is 0 Å². The van der Waals surface area contributed by atoms with Crippen molar-refractivity contribution in [3.05, 3.63) is 22.4 Å². The topological polar surface area (TPSA) is 40.5 Å². The number of rotatable bonds is 5. The van der Waals surface area contributed by atoms with Gasteiger partial charge in [-0.05, 0) is 36.6 Å². The molecule has 1 aliphatic heterocycles. The molecule has 2 aliphatic rings. The predicted octanol–water partition coefficient (Wildman–Crippen LogP) is 2.44. The SMILES string of the molecule is O=C(Cc1cccs1)N1CCC[C@]1(CO)CC1CC1. The smallest absolute Gasteiger partial charge is 0.228 e. The summed E-state index contributed by atoms with van der Waals surface area (Å²) < 4.78 is 0.